The quantitative estimate of drug-likeness (QED) is 0.621. The molecular weight excluding hydrogens is 338 g/mol. The Kier molecular flexibility index (Phi) is 7.77. The maximum Gasteiger partial charge on any atom is 0.326 e. The summed E-state index contributed by atoms with van der Waals surface area (Å²) >= 11 is 0. The van der Waals surface area contributed by atoms with E-state index in [2.05, 4.69) is 10.6 Å². The van der Waals surface area contributed by atoms with Crippen molar-refractivity contribution in [1.82, 2.24) is 15.5 Å². The summed E-state index contributed by atoms with van der Waals surface area (Å²) in [7, 11) is 0. The van der Waals surface area contributed by atoms with Crippen molar-refractivity contribution in [3.63, 3.8) is 0 Å². The molecule has 26 heavy (non-hydrogen) atoms. The Bertz CT molecular complexity index is 682. The summed E-state index contributed by atoms with van der Waals surface area (Å²) in [6.07, 6.45) is 0. The number of carbonyl (C=O) groups excluding carboxylic acids is 3. The number of nitrogens with one attached hydrogen (secondary N) is 2. The second-order valence-electron chi connectivity index (χ2n) is 6.14. The van der Waals surface area contributed by atoms with Gasteiger partial charge in [-0.3, -0.25) is 14.4 Å². The van der Waals surface area contributed by atoms with Crippen LogP contribution in [0.5, 0.6) is 0 Å². The van der Waals surface area contributed by atoms with Crippen molar-refractivity contribution in [1.29, 1.82) is 0 Å². The average Bonchev–Trinajstić information content (AvgIpc) is 2.54. The predicted octanol–water partition coefficient (Wildman–Crippen LogP) is 0.471. The molecule has 0 bridgehead atoms. The normalized spacial score (nSPS) is 11.4. The molecule has 3 N–H and O–H groups in total. The fourth-order valence-corrected chi connectivity index (χ4v) is 2.49. The summed E-state index contributed by atoms with van der Waals surface area (Å²) in [5.41, 5.74) is 2.29. The first-order chi connectivity index (χ1) is 12.1. The first kappa shape index (κ1) is 21.1. The number of hydrogen-bond acceptors (Lipinski definition) is 4. The van der Waals surface area contributed by atoms with Gasteiger partial charge in [0.15, 0.2) is 0 Å². The third kappa shape index (κ3) is 6.54. The van der Waals surface area contributed by atoms with Crippen LogP contribution >= 0.6 is 0 Å². The predicted molar refractivity (Wildman–Crippen MR) is 95.7 cm³/mol. The van der Waals surface area contributed by atoms with Crippen molar-refractivity contribution in [2.24, 2.45) is 0 Å². The molecule has 0 spiro atoms. The van der Waals surface area contributed by atoms with Crippen molar-refractivity contribution in [2.75, 3.05) is 19.6 Å². The first-order valence-electron chi connectivity index (χ1n) is 8.25. The fourth-order valence-electron chi connectivity index (χ4n) is 2.49. The highest BCUT2D eigenvalue weighted by molar-refractivity contribution is 5.97. The molecule has 1 aromatic carbocycles. The lowest BCUT2D eigenvalue weighted by molar-refractivity contribution is -0.149. The Balaban J connectivity index is 2.73. The zero-order valence-corrected chi connectivity index (χ0v) is 15.5. The van der Waals surface area contributed by atoms with Crippen molar-refractivity contribution in [2.45, 2.75) is 33.7 Å². The Hall–Kier alpha value is -2.90. The minimum Gasteiger partial charge on any atom is -0.480 e. The number of carboxylic acids is 1. The van der Waals surface area contributed by atoms with E-state index in [0.717, 1.165) is 16.0 Å². The van der Waals surface area contributed by atoms with E-state index in [4.69, 9.17) is 5.11 Å². The maximum absolute atomic E-state index is 12.4. The smallest absolute Gasteiger partial charge is 0.326 e. The molecule has 1 rings (SSSR count). The number of amides is 3. The van der Waals surface area contributed by atoms with Crippen LogP contribution in [-0.2, 0) is 14.4 Å². The molecule has 0 saturated carbocycles. The number of aryl methyl sites for hydroxylation is 2. The average molecular weight is 363 g/mol. The molecular formula is C18H25N3O5. The van der Waals surface area contributed by atoms with Crippen LogP contribution in [0.1, 0.15) is 35.3 Å². The third-order valence-corrected chi connectivity index (χ3v) is 3.76. The van der Waals surface area contributed by atoms with Crippen LogP contribution in [0.3, 0.4) is 0 Å². The second-order valence-corrected chi connectivity index (χ2v) is 6.14. The Morgan fingerprint density at radius 3 is 2.15 bits per heavy atom. The standard InChI is InChI=1S/C18H25N3O5/c1-11-7-12(2)9-15(8-11)17(24)20-10-16(23)21(13(3)18(25)26)6-5-19-14(4)22/h7-9,13H,5-6,10H2,1-4H3,(H,19,22)(H,20,24)(H,25,26). The molecule has 0 aliphatic carbocycles. The monoisotopic (exact) mass is 363 g/mol. The molecule has 8 heteroatoms. The lowest BCUT2D eigenvalue weighted by Gasteiger charge is -2.26. The van der Waals surface area contributed by atoms with Crippen LogP contribution in [0.25, 0.3) is 0 Å². The van der Waals surface area contributed by atoms with Crippen LogP contribution in [0.4, 0.5) is 0 Å². The van der Waals surface area contributed by atoms with Crippen LogP contribution in [0, 0.1) is 13.8 Å². The van der Waals surface area contributed by atoms with E-state index in [-0.39, 0.29) is 25.5 Å². The summed E-state index contributed by atoms with van der Waals surface area (Å²) in [4.78, 5) is 47.9. The largest absolute Gasteiger partial charge is 0.480 e. The van der Waals surface area contributed by atoms with E-state index in [9.17, 15) is 19.2 Å². The molecule has 0 radical (unpaired) electrons. The van der Waals surface area contributed by atoms with Crippen molar-refractivity contribution in [3.05, 3.63) is 34.9 Å². The van der Waals surface area contributed by atoms with Gasteiger partial charge in [-0.2, -0.15) is 0 Å². The minimum atomic E-state index is -1.16. The summed E-state index contributed by atoms with van der Waals surface area (Å²) in [5.74, 6) is -2.39. The zero-order valence-electron chi connectivity index (χ0n) is 15.5. The van der Waals surface area contributed by atoms with E-state index in [1.54, 1.807) is 12.1 Å². The van der Waals surface area contributed by atoms with E-state index in [0.29, 0.717) is 5.56 Å². The fraction of sp³-hybridized carbons (Fsp3) is 0.444. The van der Waals surface area contributed by atoms with Gasteiger partial charge in [0.05, 0.1) is 6.54 Å². The van der Waals surface area contributed by atoms with Gasteiger partial charge in [0.2, 0.25) is 11.8 Å². The lowest BCUT2D eigenvalue weighted by atomic mass is 10.1. The van der Waals surface area contributed by atoms with Gasteiger partial charge < -0.3 is 20.6 Å². The van der Waals surface area contributed by atoms with Gasteiger partial charge >= 0.3 is 5.97 Å². The Morgan fingerprint density at radius 2 is 1.65 bits per heavy atom. The Morgan fingerprint density at radius 1 is 1.08 bits per heavy atom. The molecule has 1 unspecified atom stereocenters. The topological polar surface area (TPSA) is 116 Å². The van der Waals surface area contributed by atoms with Crippen molar-refractivity contribution >= 4 is 23.7 Å². The number of aliphatic carboxylic acids is 1. The maximum atomic E-state index is 12.4. The van der Waals surface area contributed by atoms with Gasteiger partial charge in [0.1, 0.15) is 6.04 Å². The van der Waals surface area contributed by atoms with Gasteiger partial charge in [-0.15, -0.1) is 0 Å². The van der Waals surface area contributed by atoms with Crippen LogP contribution in [0.15, 0.2) is 18.2 Å². The van der Waals surface area contributed by atoms with Crippen molar-refractivity contribution < 1.29 is 24.3 Å². The van der Waals surface area contributed by atoms with E-state index >= 15 is 0 Å². The third-order valence-electron chi connectivity index (χ3n) is 3.76. The summed E-state index contributed by atoms with van der Waals surface area (Å²) < 4.78 is 0. The van der Waals surface area contributed by atoms with E-state index in [1.165, 1.54) is 13.8 Å². The Labute approximate surface area is 152 Å². The summed E-state index contributed by atoms with van der Waals surface area (Å²) in [6.45, 7) is 6.27. The van der Waals surface area contributed by atoms with Gasteiger partial charge in [-0.25, -0.2) is 4.79 Å². The molecule has 0 aromatic heterocycles. The van der Waals surface area contributed by atoms with E-state index in [1.807, 2.05) is 19.9 Å². The van der Waals surface area contributed by atoms with Crippen LogP contribution in [-0.4, -0.2) is 59.4 Å². The molecule has 0 heterocycles. The van der Waals surface area contributed by atoms with Crippen LogP contribution in [0.2, 0.25) is 0 Å². The molecule has 0 saturated heterocycles. The summed E-state index contributed by atoms with van der Waals surface area (Å²) in [6, 6.07) is 4.28. The number of carbonyl (C=O) groups is 4. The molecule has 142 valence electrons. The molecule has 1 aromatic rings. The number of nitrogens with zero attached hydrogens (tertiary/aromatic N) is 1. The van der Waals surface area contributed by atoms with Gasteiger partial charge in [-0.1, -0.05) is 17.2 Å². The molecule has 8 nitrogen and oxygen atoms in total. The SMILES string of the molecule is CC(=O)NCCN(C(=O)CNC(=O)c1cc(C)cc(C)c1)C(C)C(=O)O. The highest BCUT2D eigenvalue weighted by Gasteiger charge is 2.25. The molecule has 0 fully saturated rings. The molecule has 0 aliphatic rings. The molecule has 3 amide bonds. The number of benzene rings is 1. The first-order valence-corrected chi connectivity index (χ1v) is 8.25. The second kappa shape index (κ2) is 9.55. The number of hydrogen-bond donors (Lipinski definition) is 3. The highest BCUT2D eigenvalue weighted by atomic mass is 16.4. The van der Waals surface area contributed by atoms with Crippen molar-refractivity contribution in [3.8, 4) is 0 Å². The molecule has 0 aliphatic heterocycles. The van der Waals surface area contributed by atoms with Gasteiger partial charge in [-0.05, 0) is 32.9 Å². The number of rotatable bonds is 8. The minimum absolute atomic E-state index is 0.0330. The molecule has 1 atom stereocenters. The zero-order chi connectivity index (χ0) is 19.9. The highest BCUT2D eigenvalue weighted by Crippen LogP contribution is 2.08. The van der Waals surface area contributed by atoms with E-state index < -0.39 is 23.8 Å². The number of carboxylic acid groups (broad SMARTS) is 1. The van der Waals surface area contributed by atoms with Gasteiger partial charge in [0.25, 0.3) is 5.91 Å². The van der Waals surface area contributed by atoms with Gasteiger partial charge in [0, 0.05) is 25.6 Å². The van der Waals surface area contributed by atoms with Crippen LogP contribution < -0.4 is 10.6 Å². The summed E-state index contributed by atoms with van der Waals surface area (Å²) in [5, 5.41) is 14.2. The lowest BCUT2D eigenvalue weighted by Crippen LogP contribution is -2.50.